The van der Waals surface area contributed by atoms with Crippen molar-refractivity contribution in [2.45, 2.75) is 25.4 Å². The number of halogens is 2. The highest BCUT2D eigenvalue weighted by molar-refractivity contribution is 6.03. The smallest absolute Gasteiger partial charge is 0.255 e. The molecule has 0 fully saturated rings. The minimum absolute atomic E-state index is 0.108. The highest BCUT2D eigenvalue weighted by atomic mass is 19.4. The van der Waals surface area contributed by atoms with Gasteiger partial charge in [-0.25, -0.2) is 0 Å². The standard InChI is InChI=1S/C22H24F2N4O4/c1-25-21(31)20(4-3-11-29)27(2)22(32)19-10-5-15(12-16(19)14-30)13-26-17-6-8-18(9-7-17)28(23)24/h5-12,14,20,26H,3-4,13H2,1-2H3,(H,25,31). The molecule has 2 rings (SSSR count). The lowest BCUT2D eigenvalue weighted by Gasteiger charge is -2.27. The summed E-state index contributed by atoms with van der Waals surface area (Å²) < 4.78 is 25.0. The van der Waals surface area contributed by atoms with Gasteiger partial charge in [-0.2, -0.15) is 0 Å². The fraction of sp³-hybridized carbons (Fsp3) is 0.273. The summed E-state index contributed by atoms with van der Waals surface area (Å²) in [6.07, 6.45) is 1.49. The molecule has 0 spiro atoms. The van der Waals surface area contributed by atoms with Gasteiger partial charge in [0.25, 0.3) is 5.91 Å². The van der Waals surface area contributed by atoms with Crippen molar-refractivity contribution in [1.82, 2.24) is 10.2 Å². The predicted octanol–water partition coefficient (Wildman–Crippen LogP) is 2.85. The van der Waals surface area contributed by atoms with Gasteiger partial charge in [0.2, 0.25) is 5.91 Å². The highest BCUT2D eigenvalue weighted by Crippen LogP contribution is 2.20. The van der Waals surface area contributed by atoms with Crippen molar-refractivity contribution in [2.75, 3.05) is 24.8 Å². The average molecular weight is 446 g/mol. The summed E-state index contributed by atoms with van der Waals surface area (Å²) in [6, 6.07) is 9.33. The molecule has 0 aromatic heterocycles. The molecule has 0 aliphatic carbocycles. The van der Waals surface area contributed by atoms with Crippen LogP contribution < -0.4 is 16.0 Å². The van der Waals surface area contributed by atoms with E-state index in [9.17, 15) is 28.1 Å². The van der Waals surface area contributed by atoms with Crippen molar-refractivity contribution in [3.63, 3.8) is 0 Å². The number of hydrogen-bond donors (Lipinski definition) is 2. The molecule has 0 aliphatic heterocycles. The predicted molar refractivity (Wildman–Crippen MR) is 116 cm³/mol. The highest BCUT2D eigenvalue weighted by Gasteiger charge is 2.27. The van der Waals surface area contributed by atoms with Crippen molar-refractivity contribution >= 4 is 35.8 Å². The molecule has 10 heteroatoms. The third kappa shape index (κ3) is 6.10. The molecule has 2 amide bonds. The second-order valence-corrected chi connectivity index (χ2v) is 6.96. The first-order valence-electron chi connectivity index (χ1n) is 9.78. The summed E-state index contributed by atoms with van der Waals surface area (Å²) in [4.78, 5) is 48.6. The van der Waals surface area contributed by atoms with E-state index in [0.29, 0.717) is 30.4 Å². The van der Waals surface area contributed by atoms with Crippen LogP contribution in [0.4, 0.5) is 20.3 Å². The SMILES string of the molecule is CNC(=O)C(CCC=O)N(C)C(=O)c1ccc(CNc2ccc(N(F)F)cc2)cc1C=O. The summed E-state index contributed by atoms with van der Waals surface area (Å²) in [5, 5.41) is 4.54. The summed E-state index contributed by atoms with van der Waals surface area (Å²) >= 11 is 0. The Bertz CT molecular complexity index is 967. The number of nitrogens with one attached hydrogen (secondary N) is 2. The molecular formula is C22H24F2N4O4. The van der Waals surface area contributed by atoms with Gasteiger partial charge in [-0.15, -0.1) is 0 Å². The minimum Gasteiger partial charge on any atom is -0.381 e. The van der Waals surface area contributed by atoms with E-state index in [0.717, 1.165) is 0 Å². The number of carbonyl (C=O) groups excluding carboxylic acids is 4. The van der Waals surface area contributed by atoms with Crippen LogP contribution in [0, 0.1) is 0 Å². The fourth-order valence-electron chi connectivity index (χ4n) is 3.14. The normalized spacial score (nSPS) is 11.2. The monoisotopic (exact) mass is 446 g/mol. The lowest BCUT2D eigenvalue weighted by molar-refractivity contribution is -0.125. The molecule has 2 aromatic carbocycles. The number of amides is 2. The molecule has 32 heavy (non-hydrogen) atoms. The maximum Gasteiger partial charge on any atom is 0.255 e. The third-order valence-electron chi connectivity index (χ3n) is 4.93. The maximum absolute atomic E-state index is 12.9. The van der Waals surface area contributed by atoms with Crippen LogP contribution in [0.3, 0.4) is 0 Å². The van der Waals surface area contributed by atoms with Crippen molar-refractivity contribution in [3.05, 3.63) is 59.2 Å². The molecule has 8 nitrogen and oxygen atoms in total. The Morgan fingerprint density at radius 1 is 1.09 bits per heavy atom. The summed E-state index contributed by atoms with van der Waals surface area (Å²) in [5.74, 6) is -0.936. The summed E-state index contributed by atoms with van der Waals surface area (Å²) in [7, 11) is 2.88. The van der Waals surface area contributed by atoms with Crippen LogP contribution in [0.5, 0.6) is 0 Å². The molecule has 2 N–H and O–H groups in total. The second-order valence-electron chi connectivity index (χ2n) is 6.96. The lowest BCUT2D eigenvalue weighted by atomic mass is 10.0. The molecule has 0 saturated heterocycles. The zero-order valence-electron chi connectivity index (χ0n) is 17.7. The Labute approximate surface area is 184 Å². The second kappa shape index (κ2) is 11.5. The molecule has 0 saturated carbocycles. The summed E-state index contributed by atoms with van der Waals surface area (Å²) in [5.41, 5.74) is 1.33. The molecule has 1 atom stereocenters. The van der Waals surface area contributed by atoms with E-state index in [1.165, 1.54) is 49.3 Å². The summed E-state index contributed by atoms with van der Waals surface area (Å²) in [6.45, 7) is 0.291. The van der Waals surface area contributed by atoms with E-state index >= 15 is 0 Å². The largest absolute Gasteiger partial charge is 0.381 e. The zero-order valence-corrected chi connectivity index (χ0v) is 17.7. The van der Waals surface area contributed by atoms with Crippen molar-refractivity contribution < 1.29 is 28.1 Å². The number of anilines is 2. The van der Waals surface area contributed by atoms with E-state index in [1.807, 2.05) is 0 Å². The van der Waals surface area contributed by atoms with Crippen LogP contribution in [0.25, 0.3) is 0 Å². The first-order chi connectivity index (χ1) is 15.3. The Morgan fingerprint density at radius 2 is 1.78 bits per heavy atom. The Kier molecular flexibility index (Phi) is 8.82. The van der Waals surface area contributed by atoms with E-state index in [1.54, 1.807) is 12.1 Å². The molecule has 0 heterocycles. The molecule has 0 bridgehead atoms. The molecular weight excluding hydrogens is 422 g/mol. The van der Waals surface area contributed by atoms with Gasteiger partial charge in [-0.3, -0.25) is 14.4 Å². The number of nitrogens with zero attached hydrogens (tertiary/aromatic N) is 2. The Hall–Kier alpha value is -3.82. The zero-order chi connectivity index (χ0) is 23.7. The quantitative estimate of drug-likeness (QED) is 0.407. The number of aldehydes is 2. The van der Waals surface area contributed by atoms with E-state index in [4.69, 9.17) is 0 Å². The number of carbonyl (C=O) groups is 4. The van der Waals surface area contributed by atoms with Crippen LogP contribution in [0.15, 0.2) is 42.5 Å². The van der Waals surface area contributed by atoms with Crippen LogP contribution in [0.2, 0.25) is 0 Å². The van der Waals surface area contributed by atoms with Crippen LogP contribution >= 0.6 is 0 Å². The van der Waals surface area contributed by atoms with Gasteiger partial charge in [0, 0.05) is 38.3 Å². The van der Waals surface area contributed by atoms with Crippen molar-refractivity contribution in [3.8, 4) is 0 Å². The third-order valence-corrected chi connectivity index (χ3v) is 4.93. The van der Waals surface area contributed by atoms with Gasteiger partial charge in [0.1, 0.15) is 18.0 Å². The Morgan fingerprint density at radius 3 is 2.34 bits per heavy atom. The van der Waals surface area contributed by atoms with Gasteiger partial charge in [0.15, 0.2) is 6.29 Å². The fourth-order valence-corrected chi connectivity index (χ4v) is 3.14. The molecule has 0 aliphatic rings. The molecule has 0 radical (unpaired) electrons. The van der Waals surface area contributed by atoms with Gasteiger partial charge < -0.3 is 20.3 Å². The van der Waals surface area contributed by atoms with Gasteiger partial charge in [-0.05, 0) is 53.7 Å². The van der Waals surface area contributed by atoms with Crippen molar-refractivity contribution in [1.29, 1.82) is 0 Å². The topological polar surface area (TPSA) is 98.8 Å². The van der Waals surface area contributed by atoms with Gasteiger partial charge in [0.05, 0.1) is 5.56 Å². The first kappa shape index (κ1) is 24.4. The molecule has 2 aromatic rings. The van der Waals surface area contributed by atoms with E-state index in [-0.39, 0.29) is 29.7 Å². The number of likely N-dealkylation sites (N-methyl/N-ethyl adjacent to an activating group) is 2. The van der Waals surface area contributed by atoms with Crippen molar-refractivity contribution in [2.24, 2.45) is 0 Å². The number of rotatable bonds is 11. The minimum atomic E-state index is -0.986. The molecule has 1 unspecified atom stereocenters. The van der Waals surface area contributed by atoms with Gasteiger partial charge >= 0.3 is 0 Å². The average Bonchev–Trinajstić information content (AvgIpc) is 2.82. The maximum atomic E-state index is 12.9. The molecule has 170 valence electrons. The number of hydrogen-bond acceptors (Lipinski definition) is 6. The lowest BCUT2D eigenvalue weighted by Crippen LogP contribution is -2.47. The van der Waals surface area contributed by atoms with E-state index in [2.05, 4.69) is 10.6 Å². The van der Waals surface area contributed by atoms with Gasteiger partial charge in [-0.1, -0.05) is 15.0 Å². The van der Waals surface area contributed by atoms with E-state index < -0.39 is 23.2 Å². The van der Waals surface area contributed by atoms with Crippen LogP contribution in [-0.2, 0) is 16.1 Å². The number of benzene rings is 2. The van der Waals surface area contributed by atoms with Crippen LogP contribution in [0.1, 0.15) is 39.1 Å². The van der Waals surface area contributed by atoms with Crippen LogP contribution in [-0.4, -0.2) is 49.4 Å². The first-order valence-corrected chi connectivity index (χ1v) is 9.78. The Balaban J connectivity index is 2.16.